The molecule has 1 amide bonds. The van der Waals surface area contributed by atoms with Crippen LogP contribution in [0.25, 0.3) is 22.0 Å². The average Bonchev–Trinajstić information content (AvgIpc) is 3.00. The van der Waals surface area contributed by atoms with Gasteiger partial charge in [0.25, 0.3) is 0 Å². The van der Waals surface area contributed by atoms with Gasteiger partial charge in [0.05, 0.1) is 17.4 Å². The van der Waals surface area contributed by atoms with Gasteiger partial charge in [-0.15, -0.1) is 0 Å². The molecule has 5 rings (SSSR count). The van der Waals surface area contributed by atoms with Crippen LogP contribution in [0.1, 0.15) is 53.0 Å². The number of benzene rings is 2. The van der Waals surface area contributed by atoms with E-state index in [1.165, 1.54) is 0 Å². The minimum atomic E-state index is -0.542. The highest BCUT2D eigenvalue weighted by Crippen LogP contribution is 2.38. The highest BCUT2D eigenvalue weighted by Gasteiger charge is 2.28. The molecule has 1 fully saturated rings. The molecule has 4 aromatic rings. The van der Waals surface area contributed by atoms with Crippen LogP contribution >= 0.6 is 0 Å². The molecule has 3 heterocycles. The Morgan fingerprint density at radius 2 is 1.89 bits per heavy atom. The van der Waals surface area contributed by atoms with Gasteiger partial charge in [-0.2, -0.15) is 0 Å². The third-order valence-corrected chi connectivity index (χ3v) is 7.79. The van der Waals surface area contributed by atoms with Crippen LogP contribution in [0.15, 0.2) is 60.9 Å². The van der Waals surface area contributed by atoms with Crippen LogP contribution in [0, 0.1) is 12.8 Å². The molecule has 0 aliphatic carbocycles. The molecule has 3 N–H and O–H groups in total. The summed E-state index contributed by atoms with van der Waals surface area (Å²) in [6.07, 6.45) is 4.40. The van der Waals surface area contributed by atoms with Gasteiger partial charge < -0.3 is 30.1 Å². The minimum Gasteiger partial charge on any atom is -0.444 e. The number of nitrogens with one attached hydrogen (secondary N) is 2. The maximum atomic E-state index is 12.7. The smallest absolute Gasteiger partial charge is 0.410 e. The van der Waals surface area contributed by atoms with Gasteiger partial charge in [-0.3, -0.25) is 0 Å². The van der Waals surface area contributed by atoms with Crippen LogP contribution in [-0.2, 0) is 4.74 Å². The van der Waals surface area contributed by atoms with Crippen LogP contribution in [0.5, 0.6) is 11.6 Å². The van der Waals surface area contributed by atoms with E-state index in [9.17, 15) is 9.90 Å². The van der Waals surface area contributed by atoms with Crippen molar-refractivity contribution in [2.24, 2.45) is 5.92 Å². The molecule has 1 aliphatic rings. The lowest BCUT2D eigenvalue weighted by Gasteiger charge is -2.34. The van der Waals surface area contributed by atoms with E-state index >= 15 is 0 Å². The molecule has 2 atom stereocenters. The van der Waals surface area contributed by atoms with Crippen LogP contribution in [0.3, 0.4) is 0 Å². The molecular weight excluding hydrogens is 568 g/mol. The van der Waals surface area contributed by atoms with E-state index in [0.29, 0.717) is 42.9 Å². The Hall–Kier alpha value is -4.44. The molecule has 0 bridgehead atoms. The molecule has 1 unspecified atom stereocenters. The van der Waals surface area contributed by atoms with Crippen molar-refractivity contribution in [3.63, 3.8) is 0 Å². The zero-order valence-corrected chi connectivity index (χ0v) is 27.0. The van der Waals surface area contributed by atoms with Gasteiger partial charge in [-0.05, 0) is 76.3 Å². The minimum absolute atomic E-state index is 0.00562. The second-order valence-electron chi connectivity index (χ2n) is 12.9. The number of carbonyl (C=O) groups is 1. The lowest BCUT2D eigenvalue weighted by molar-refractivity contribution is 0.0206. The van der Waals surface area contributed by atoms with Gasteiger partial charge in [-0.1, -0.05) is 38.1 Å². The second-order valence-corrected chi connectivity index (χ2v) is 12.9. The predicted molar refractivity (Wildman–Crippen MR) is 178 cm³/mol. The van der Waals surface area contributed by atoms with Crippen molar-refractivity contribution in [2.75, 3.05) is 30.3 Å². The van der Waals surface area contributed by atoms with Crippen molar-refractivity contribution in [2.45, 2.75) is 72.1 Å². The quantitative estimate of drug-likeness (QED) is 0.183. The van der Waals surface area contributed by atoms with Gasteiger partial charge in [0.1, 0.15) is 11.4 Å². The fourth-order valence-corrected chi connectivity index (χ4v) is 5.29. The van der Waals surface area contributed by atoms with E-state index in [2.05, 4.69) is 26.7 Å². The first-order valence-electron chi connectivity index (χ1n) is 15.6. The number of rotatable bonds is 9. The number of aliphatic hydroxyl groups is 1. The number of piperidine rings is 1. The first-order chi connectivity index (χ1) is 21.5. The van der Waals surface area contributed by atoms with Gasteiger partial charge in [0.15, 0.2) is 0 Å². The third-order valence-electron chi connectivity index (χ3n) is 7.79. The standard InChI is InChI=1S/C35H44N6O4/c1-22(2)30(42)20-38-28-13-7-11-26-25(28)15-14-23(3)31(26)44-32-27(12-8-17-36-32)29-16-18-37-33(40-29)39-24-10-9-19-41(21-24)34(43)45-35(4,5)6/h7-8,11-18,22,24,30,38,42H,9-10,19-21H2,1-6H3,(H,37,39,40)/t24-,30?/m0/s1. The number of aryl methyl sites for hydroxylation is 1. The summed E-state index contributed by atoms with van der Waals surface area (Å²) in [5, 5.41) is 19.1. The van der Waals surface area contributed by atoms with Crippen LogP contribution in [0.4, 0.5) is 16.4 Å². The molecule has 0 spiro atoms. The number of pyridine rings is 1. The van der Waals surface area contributed by atoms with E-state index in [-0.39, 0.29) is 18.1 Å². The molecule has 45 heavy (non-hydrogen) atoms. The molecule has 2 aromatic heterocycles. The van der Waals surface area contributed by atoms with Crippen molar-refractivity contribution in [3.8, 4) is 22.9 Å². The van der Waals surface area contributed by atoms with Crippen molar-refractivity contribution >= 4 is 28.5 Å². The Balaban J connectivity index is 1.37. The number of amides is 1. The van der Waals surface area contributed by atoms with Crippen molar-refractivity contribution in [1.82, 2.24) is 19.9 Å². The maximum Gasteiger partial charge on any atom is 0.410 e. The Morgan fingerprint density at radius 3 is 2.67 bits per heavy atom. The molecule has 1 aliphatic heterocycles. The summed E-state index contributed by atoms with van der Waals surface area (Å²) >= 11 is 0. The number of hydrogen-bond acceptors (Lipinski definition) is 9. The largest absolute Gasteiger partial charge is 0.444 e. The van der Waals surface area contributed by atoms with Crippen molar-refractivity contribution in [3.05, 3.63) is 66.5 Å². The molecule has 2 aromatic carbocycles. The molecular formula is C35H44N6O4. The number of aliphatic hydroxyl groups excluding tert-OH is 1. The summed E-state index contributed by atoms with van der Waals surface area (Å²) in [7, 11) is 0. The highest BCUT2D eigenvalue weighted by atomic mass is 16.6. The van der Waals surface area contributed by atoms with Crippen molar-refractivity contribution < 1.29 is 19.4 Å². The zero-order chi connectivity index (χ0) is 32.1. The number of likely N-dealkylation sites (tertiary alicyclic amines) is 1. The highest BCUT2D eigenvalue weighted by molar-refractivity contribution is 5.98. The van der Waals surface area contributed by atoms with E-state index in [1.54, 1.807) is 17.3 Å². The van der Waals surface area contributed by atoms with Crippen molar-refractivity contribution in [1.29, 1.82) is 0 Å². The van der Waals surface area contributed by atoms with Gasteiger partial charge in [0, 0.05) is 54.5 Å². The fourth-order valence-electron chi connectivity index (χ4n) is 5.29. The molecule has 1 saturated heterocycles. The zero-order valence-electron chi connectivity index (χ0n) is 27.0. The monoisotopic (exact) mass is 612 g/mol. The second kappa shape index (κ2) is 13.7. The Labute approximate surface area is 265 Å². The number of fused-ring (bicyclic) bond motifs is 1. The summed E-state index contributed by atoms with van der Waals surface area (Å²) in [4.78, 5) is 28.3. The molecule has 238 valence electrons. The fraction of sp³-hybridized carbons (Fsp3) is 0.429. The summed E-state index contributed by atoms with van der Waals surface area (Å²) in [6.45, 7) is 13.3. The van der Waals surface area contributed by atoms with Gasteiger partial charge in [-0.25, -0.2) is 19.7 Å². The van der Waals surface area contributed by atoms with Gasteiger partial charge in [0.2, 0.25) is 11.8 Å². The summed E-state index contributed by atoms with van der Waals surface area (Å²) in [6, 6.07) is 15.7. The van der Waals surface area contributed by atoms with E-state index in [0.717, 1.165) is 40.4 Å². The SMILES string of the molecule is Cc1ccc2c(NCC(O)C(C)C)cccc2c1Oc1ncccc1-c1ccnc(N[C@H]2CCCN(C(=O)OC(C)(C)C)C2)n1. The summed E-state index contributed by atoms with van der Waals surface area (Å²) in [5.41, 5.74) is 2.75. The number of hydrogen-bond donors (Lipinski definition) is 3. The third kappa shape index (κ3) is 7.99. The van der Waals surface area contributed by atoms with Crippen LogP contribution in [-0.4, -0.2) is 68.4 Å². The topological polar surface area (TPSA) is 122 Å². The number of anilines is 2. The number of aromatic nitrogens is 3. The number of ether oxygens (including phenoxy) is 2. The molecule has 0 radical (unpaired) electrons. The first kappa shape index (κ1) is 32.0. The number of nitrogens with zero attached hydrogens (tertiary/aromatic N) is 4. The van der Waals surface area contributed by atoms with E-state index in [1.807, 2.05) is 84.0 Å². The Bertz CT molecular complexity index is 1640. The summed E-state index contributed by atoms with van der Waals surface area (Å²) < 4.78 is 12.1. The lowest BCUT2D eigenvalue weighted by atomic mass is 10.0. The molecule has 10 nitrogen and oxygen atoms in total. The summed E-state index contributed by atoms with van der Waals surface area (Å²) in [5.74, 6) is 1.76. The van der Waals surface area contributed by atoms with Crippen LogP contribution < -0.4 is 15.4 Å². The normalized spacial score (nSPS) is 16.0. The number of carbonyl (C=O) groups excluding carboxylic acids is 1. The lowest BCUT2D eigenvalue weighted by Crippen LogP contribution is -2.47. The molecule has 0 saturated carbocycles. The maximum absolute atomic E-state index is 12.7. The predicted octanol–water partition coefficient (Wildman–Crippen LogP) is 7.03. The Morgan fingerprint density at radius 1 is 1.07 bits per heavy atom. The average molecular weight is 613 g/mol. The van der Waals surface area contributed by atoms with E-state index < -0.39 is 11.7 Å². The molecule has 10 heteroatoms. The Kier molecular flexibility index (Phi) is 9.72. The van der Waals surface area contributed by atoms with Gasteiger partial charge >= 0.3 is 6.09 Å². The van der Waals surface area contributed by atoms with Crippen LogP contribution in [0.2, 0.25) is 0 Å². The van der Waals surface area contributed by atoms with E-state index in [4.69, 9.17) is 14.5 Å². The first-order valence-corrected chi connectivity index (χ1v) is 15.6.